The standard InChI is InChI=1S/C13H17N7O8S2/c1-27-4-8(21)18-30(25,26)19-13(24)20-3-6(11(20)23)15-10(22)9(17-28-2)7-5-29-12(14)16-7/h5-6H,3-4H2,1-2H3,(H2,14,16)(H,15,22)(H,18,21)(H,19,24)/t6-/m0/s1. The number of carbonyl (C=O) groups is 4. The molecule has 5 N–H and O–H groups in total. The molecule has 0 unspecified atom stereocenters. The van der Waals surface area contributed by atoms with E-state index >= 15 is 0 Å². The average Bonchev–Trinajstić information content (AvgIpc) is 3.07. The van der Waals surface area contributed by atoms with Gasteiger partial charge in [0.05, 0.1) is 6.54 Å². The number of likely N-dealkylation sites (tertiary alicyclic amines) is 1. The van der Waals surface area contributed by atoms with Crippen molar-refractivity contribution in [3.05, 3.63) is 11.1 Å². The molecule has 0 aliphatic carbocycles. The molecule has 1 atom stereocenters. The average molecular weight is 463 g/mol. The number of nitrogens with zero attached hydrogens (tertiary/aromatic N) is 3. The molecule has 0 bridgehead atoms. The molecule has 0 saturated carbocycles. The van der Waals surface area contributed by atoms with Gasteiger partial charge in [-0.1, -0.05) is 5.16 Å². The number of urea groups is 1. The Bertz CT molecular complexity index is 989. The van der Waals surface area contributed by atoms with Crippen LogP contribution >= 0.6 is 11.3 Å². The molecule has 2 heterocycles. The van der Waals surface area contributed by atoms with Crippen LogP contribution in [0, 0.1) is 0 Å². The van der Waals surface area contributed by atoms with E-state index in [1.165, 1.54) is 29.0 Å². The molecule has 5 amide bonds. The molecule has 0 aromatic carbocycles. The summed E-state index contributed by atoms with van der Waals surface area (Å²) in [4.78, 5) is 56.7. The summed E-state index contributed by atoms with van der Waals surface area (Å²) in [6.45, 7) is -0.876. The van der Waals surface area contributed by atoms with Crippen LogP contribution in [0.3, 0.4) is 0 Å². The minimum atomic E-state index is -4.56. The zero-order chi connectivity index (χ0) is 22.5. The van der Waals surface area contributed by atoms with E-state index in [2.05, 4.69) is 25.0 Å². The van der Waals surface area contributed by atoms with Crippen LogP contribution in [-0.4, -0.2) is 81.2 Å². The van der Waals surface area contributed by atoms with Crippen LogP contribution in [0.1, 0.15) is 5.69 Å². The fourth-order valence-corrected chi connectivity index (χ4v) is 3.44. The van der Waals surface area contributed by atoms with E-state index in [1.807, 2.05) is 0 Å². The smallest absolute Gasteiger partial charge is 0.339 e. The molecule has 1 fully saturated rings. The number of methoxy groups -OCH3 is 1. The van der Waals surface area contributed by atoms with Crippen LogP contribution in [0.15, 0.2) is 10.5 Å². The maximum atomic E-state index is 12.4. The van der Waals surface area contributed by atoms with Gasteiger partial charge in [0.15, 0.2) is 10.8 Å². The third-order valence-corrected chi connectivity index (χ3v) is 5.00. The highest BCUT2D eigenvalue weighted by molar-refractivity contribution is 7.88. The van der Waals surface area contributed by atoms with Gasteiger partial charge in [-0.25, -0.2) is 19.2 Å². The van der Waals surface area contributed by atoms with E-state index in [9.17, 15) is 27.6 Å². The molecule has 1 saturated heterocycles. The van der Waals surface area contributed by atoms with Gasteiger partial charge in [0, 0.05) is 12.5 Å². The number of imide groups is 1. The molecule has 1 aliphatic heterocycles. The highest BCUT2D eigenvalue weighted by Gasteiger charge is 2.43. The van der Waals surface area contributed by atoms with Crippen molar-refractivity contribution in [2.75, 3.05) is 33.1 Å². The van der Waals surface area contributed by atoms with Crippen LogP contribution in [0.5, 0.6) is 0 Å². The topological polar surface area (TPSA) is 211 Å². The van der Waals surface area contributed by atoms with E-state index in [4.69, 9.17) is 5.73 Å². The molecule has 1 aromatic heterocycles. The second-order valence-electron chi connectivity index (χ2n) is 5.54. The minimum absolute atomic E-state index is 0.121. The summed E-state index contributed by atoms with van der Waals surface area (Å²) in [7, 11) is -2.18. The normalized spacial score (nSPS) is 16.5. The van der Waals surface area contributed by atoms with Gasteiger partial charge in [-0.2, -0.15) is 8.42 Å². The molecule has 0 radical (unpaired) electrons. The van der Waals surface area contributed by atoms with Crippen molar-refractivity contribution in [2.45, 2.75) is 6.04 Å². The van der Waals surface area contributed by atoms with Gasteiger partial charge in [-0.05, 0) is 0 Å². The van der Waals surface area contributed by atoms with Crippen molar-refractivity contribution in [3.63, 3.8) is 0 Å². The molecule has 17 heteroatoms. The molecule has 15 nitrogen and oxygen atoms in total. The lowest BCUT2D eigenvalue weighted by atomic mass is 10.1. The van der Waals surface area contributed by atoms with Gasteiger partial charge < -0.3 is 20.6 Å². The van der Waals surface area contributed by atoms with Crippen molar-refractivity contribution >= 4 is 56.1 Å². The van der Waals surface area contributed by atoms with E-state index in [0.29, 0.717) is 4.90 Å². The van der Waals surface area contributed by atoms with E-state index in [-0.39, 0.29) is 23.1 Å². The fraction of sp³-hybridized carbons (Fsp3) is 0.385. The third kappa shape index (κ3) is 5.61. The third-order valence-electron chi connectivity index (χ3n) is 3.39. The SMILES string of the molecule is COCC(=O)NS(=O)(=O)NC(=O)N1C[C@H](NC(=O)C(=NOC)c2csc(N)n2)C1=O. The Balaban J connectivity index is 1.94. The number of rotatable bonds is 8. The number of anilines is 1. The van der Waals surface area contributed by atoms with Gasteiger partial charge in [0.25, 0.3) is 17.7 Å². The maximum absolute atomic E-state index is 12.4. The number of hydrogen-bond donors (Lipinski definition) is 4. The quantitative estimate of drug-likeness (QED) is 0.176. The van der Waals surface area contributed by atoms with Crippen LogP contribution in [0.4, 0.5) is 9.93 Å². The summed E-state index contributed by atoms with van der Waals surface area (Å²) in [5.41, 5.74) is 5.39. The Morgan fingerprint density at radius 2 is 2.07 bits per heavy atom. The monoisotopic (exact) mass is 463 g/mol. The lowest BCUT2D eigenvalue weighted by Crippen LogP contribution is -2.68. The van der Waals surface area contributed by atoms with Crippen LogP contribution in [0.2, 0.25) is 0 Å². The summed E-state index contributed by atoms with van der Waals surface area (Å²) in [5, 5.41) is 7.51. The number of nitrogens with two attached hydrogens (primary N) is 1. The number of nitrogens with one attached hydrogen (secondary N) is 3. The molecular formula is C13H17N7O8S2. The number of amides is 5. The van der Waals surface area contributed by atoms with Gasteiger partial charge in [0.2, 0.25) is 0 Å². The molecule has 1 aromatic rings. The number of nitrogen functional groups attached to an aromatic ring is 1. The lowest BCUT2D eigenvalue weighted by molar-refractivity contribution is -0.141. The first-order valence-corrected chi connectivity index (χ1v) is 10.2. The summed E-state index contributed by atoms with van der Waals surface area (Å²) in [5.74, 6) is -2.72. The van der Waals surface area contributed by atoms with Crippen molar-refractivity contribution in [3.8, 4) is 0 Å². The van der Waals surface area contributed by atoms with Gasteiger partial charge in [-0.3, -0.25) is 19.3 Å². The highest BCUT2D eigenvalue weighted by Crippen LogP contribution is 2.14. The first-order chi connectivity index (χ1) is 14.1. The largest absolute Gasteiger partial charge is 0.398 e. The zero-order valence-electron chi connectivity index (χ0n) is 15.6. The number of β-lactam (4-membered cyclic amide) rings is 1. The maximum Gasteiger partial charge on any atom is 0.339 e. The van der Waals surface area contributed by atoms with Crippen molar-refractivity contribution in [1.29, 1.82) is 0 Å². The predicted octanol–water partition coefficient (Wildman–Crippen LogP) is -2.88. The minimum Gasteiger partial charge on any atom is -0.398 e. The summed E-state index contributed by atoms with van der Waals surface area (Å²) < 4.78 is 30.8. The molecule has 30 heavy (non-hydrogen) atoms. The number of hydrogen-bond acceptors (Lipinski definition) is 12. The lowest BCUT2D eigenvalue weighted by Gasteiger charge is -2.36. The molecule has 164 valence electrons. The zero-order valence-corrected chi connectivity index (χ0v) is 17.2. The predicted molar refractivity (Wildman–Crippen MR) is 101 cm³/mol. The Morgan fingerprint density at radius 3 is 2.60 bits per heavy atom. The molecule has 0 spiro atoms. The van der Waals surface area contributed by atoms with Crippen molar-refractivity contribution < 1.29 is 37.2 Å². The van der Waals surface area contributed by atoms with Crippen LogP contribution in [0.25, 0.3) is 0 Å². The second kappa shape index (κ2) is 9.46. The van der Waals surface area contributed by atoms with E-state index in [0.717, 1.165) is 11.3 Å². The fourth-order valence-electron chi connectivity index (χ4n) is 2.14. The highest BCUT2D eigenvalue weighted by atomic mass is 32.2. The second-order valence-corrected chi connectivity index (χ2v) is 7.84. The summed E-state index contributed by atoms with van der Waals surface area (Å²) >= 11 is 1.06. The number of aromatic nitrogens is 1. The summed E-state index contributed by atoms with van der Waals surface area (Å²) in [6, 6.07) is -2.42. The van der Waals surface area contributed by atoms with E-state index < -0.39 is 46.6 Å². The number of ether oxygens (including phenoxy) is 1. The first-order valence-electron chi connectivity index (χ1n) is 7.89. The number of oxime groups is 1. The van der Waals surface area contributed by atoms with Gasteiger partial charge >= 0.3 is 16.2 Å². The molecule has 1 aliphatic rings. The summed E-state index contributed by atoms with van der Waals surface area (Å²) in [6.07, 6.45) is 0. The van der Waals surface area contributed by atoms with Crippen LogP contribution < -0.4 is 20.5 Å². The molecular weight excluding hydrogens is 446 g/mol. The van der Waals surface area contributed by atoms with Crippen LogP contribution in [-0.2, 0) is 34.2 Å². The Labute approximate surface area is 173 Å². The Kier molecular flexibility index (Phi) is 7.24. The number of thiazole rings is 1. The number of carbonyl (C=O) groups excluding carboxylic acids is 4. The van der Waals surface area contributed by atoms with Crippen molar-refractivity contribution in [1.82, 2.24) is 24.6 Å². The molecule has 2 rings (SSSR count). The van der Waals surface area contributed by atoms with Gasteiger partial charge in [0.1, 0.15) is 25.5 Å². The van der Waals surface area contributed by atoms with E-state index in [1.54, 1.807) is 0 Å². The Morgan fingerprint density at radius 1 is 1.37 bits per heavy atom. The Hall–Kier alpha value is -3.31. The first kappa shape index (κ1) is 23.0. The van der Waals surface area contributed by atoms with Gasteiger partial charge in [-0.15, -0.1) is 11.3 Å². The van der Waals surface area contributed by atoms with Crippen molar-refractivity contribution in [2.24, 2.45) is 5.16 Å².